The summed E-state index contributed by atoms with van der Waals surface area (Å²) in [5.74, 6) is 0.365. The molecule has 0 aliphatic rings. The maximum Gasteiger partial charge on any atom is 0.255 e. The van der Waals surface area contributed by atoms with E-state index in [1.165, 1.54) is 11.1 Å². The van der Waals surface area contributed by atoms with Crippen LogP contribution in [0, 0.1) is 6.92 Å². The Morgan fingerprint density at radius 3 is 2.17 bits per heavy atom. The highest BCUT2D eigenvalue weighted by molar-refractivity contribution is 6.05. The number of para-hydroxylation sites is 1. The van der Waals surface area contributed by atoms with E-state index < -0.39 is 0 Å². The number of nitrogens with one attached hydrogen (secondary N) is 2. The molecule has 0 saturated carbocycles. The van der Waals surface area contributed by atoms with Gasteiger partial charge in [-0.05, 0) is 79.3 Å². The summed E-state index contributed by atoms with van der Waals surface area (Å²) in [6.45, 7) is 2.02. The molecule has 0 unspecified atom stereocenters. The van der Waals surface area contributed by atoms with Crippen molar-refractivity contribution in [3.05, 3.63) is 150 Å². The minimum Gasteiger partial charge on any atom is -0.324 e. The number of amides is 1. The molecule has 6 rings (SSSR count). The molecule has 0 fully saturated rings. The molecule has 2 N–H and O–H groups in total. The number of hydrogen-bond donors (Lipinski definition) is 2. The molecular formula is C37H32N4O. The van der Waals surface area contributed by atoms with Gasteiger partial charge in [-0.2, -0.15) is 0 Å². The Balaban J connectivity index is 1.13. The number of benzene rings is 5. The molecule has 42 heavy (non-hydrogen) atoms. The minimum absolute atomic E-state index is 0.139. The minimum atomic E-state index is -0.139. The van der Waals surface area contributed by atoms with Crippen molar-refractivity contribution in [1.82, 2.24) is 9.97 Å². The summed E-state index contributed by atoms with van der Waals surface area (Å²) in [5.41, 5.74) is 8.60. The molecule has 0 aliphatic carbocycles. The van der Waals surface area contributed by atoms with Gasteiger partial charge >= 0.3 is 0 Å². The van der Waals surface area contributed by atoms with Gasteiger partial charge in [-0.3, -0.25) is 4.79 Å². The topological polar surface area (TPSA) is 66.9 Å². The lowest BCUT2D eigenvalue weighted by Crippen LogP contribution is -2.13. The molecule has 6 aromatic rings. The lowest BCUT2D eigenvalue weighted by Gasteiger charge is -2.12. The quantitative estimate of drug-likeness (QED) is 0.189. The summed E-state index contributed by atoms with van der Waals surface area (Å²) in [7, 11) is 0. The molecule has 5 nitrogen and oxygen atoms in total. The summed E-state index contributed by atoms with van der Waals surface area (Å²) in [6, 6.07) is 42.3. The molecular weight excluding hydrogens is 516 g/mol. The van der Waals surface area contributed by atoms with E-state index >= 15 is 0 Å². The first-order valence-electron chi connectivity index (χ1n) is 14.3. The van der Waals surface area contributed by atoms with Crippen molar-refractivity contribution in [2.75, 3.05) is 10.6 Å². The van der Waals surface area contributed by atoms with E-state index in [9.17, 15) is 4.79 Å². The van der Waals surface area contributed by atoms with Crippen LogP contribution in [-0.2, 0) is 12.8 Å². The molecule has 5 heteroatoms. The van der Waals surface area contributed by atoms with E-state index in [0.717, 1.165) is 58.4 Å². The summed E-state index contributed by atoms with van der Waals surface area (Å²) in [5, 5.41) is 7.42. The van der Waals surface area contributed by atoms with Crippen LogP contribution in [0.1, 0.15) is 33.5 Å². The van der Waals surface area contributed by atoms with Gasteiger partial charge in [0.25, 0.3) is 5.91 Å². The number of nitrogens with zero attached hydrogens (tertiary/aromatic N) is 2. The van der Waals surface area contributed by atoms with Crippen molar-refractivity contribution in [2.24, 2.45) is 0 Å². The molecule has 1 heterocycles. The maximum absolute atomic E-state index is 13.1. The highest BCUT2D eigenvalue weighted by Gasteiger charge is 2.12. The third kappa shape index (κ3) is 6.37. The molecule has 5 aromatic carbocycles. The van der Waals surface area contributed by atoms with E-state index in [4.69, 9.17) is 9.97 Å². The average molecular weight is 549 g/mol. The summed E-state index contributed by atoms with van der Waals surface area (Å²) < 4.78 is 0. The number of carbonyl (C=O) groups is 1. The molecule has 0 spiro atoms. The second-order valence-electron chi connectivity index (χ2n) is 10.4. The standard InChI is InChI=1S/C37H32N4O/c1-26-19-20-28(14-10-13-27-11-4-2-5-12-27)25-34(26)39-36(42)30-21-23-31(24-22-30)38-37-40-33-18-9-8-17-32(33)35(41-37)29-15-6-3-7-16-29/h2-9,11-12,15-25H,10,13-14H2,1H3,(H,39,42)(H,38,40,41). The zero-order valence-corrected chi connectivity index (χ0v) is 23.5. The Kier molecular flexibility index (Phi) is 8.00. The molecule has 0 radical (unpaired) electrons. The number of anilines is 3. The second kappa shape index (κ2) is 12.5. The normalized spacial score (nSPS) is 10.9. The predicted molar refractivity (Wildman–Crippen MR) is 172 cm³/mol. The van der Waals surface area contributed by atoms with Crippen molar-refractivity contribution < 1.29 is 4.79 Å². The van der Waals surface area contributed by atoms with Crippen molar-refractivity contribution in [2.45, 2.75) is 26.2 Å². The van der Waals surface area contributed by atoms with Crippen LogP contribution >= 0.6 is 0 Å². The van der Waals surface area contributed by atoms with Gasteiger partial charge in [0.05, 0.1) is 11.2 Å². The lowest BCUT2D eigenvalue weighted by atomic mass is 10.0. The third-order valence-corrected chi connectivity index (χ3v) is 7.38. The molecule has 0 aliphatic heterocycles. The Labute approximate surface area is 246 Å². The predicted octanol–water partition coefficient (Wildman–Crippen LogP) is 8.78. The van der Waals surface area contributed by atoms with Gasteiger partial charge in [0, 0.05) is 27.9 Å². The highest BCUT2D eigenvalue weighted by Crippen LogP contribution is 2.28. The Hall–Kier alpha value is -5.29. The van der Waals surface area contributed by atoms with E-state index in [1.54, 1.807) is 0 Å². The monoisotopic (exact) mass is 548 g/mol. The van der Waals surface area contributed by atoms with Gasteiger partial charge < -0.3 is 10.6 Å². The third-order valence-electron chi connectivity index (χ3n) is 7.38. The zero-order valence-electron chi connectivity index (χ0n) is 23.5. The van der Waals surface area contributed by atoms with Crippen molar-refractivity contribution >= 4 is 34.1 Å². The fourth-order valence-corrected chi connectivity index (χ4v) is 5.08. The largest absolute Gasteiger partial charge is 0.324 e. The van der Waals surface area contributed by atoms with Crippen LogP contribution in [0.5, 0.6) is 0 Å². The van der Waals surface area contributed by atoms with Crippen LogP contribution < -0.4 is 10.6 Å². The molecule has 0 atom stereocenters. The van der Waals surface area contributed by atoms with Crippen molar-refractivity contribution in [3.63, 3.8) is 0 Å². The van der Waals surface area contributed by atoms with Gasteiger partial charge in [0.1, 0.15) is 0 Å². The first-order chi connectivity index (χ1) is 20.6. The molecule has 206 valence electrons. The van der Waals surface area contributed by atoms with Crippen molar-refractivity contribution in [3.8, 4) is 11.3 Å². The fourth-order valence-electron chi connectivity index (χ4n) is 5.08. The Morgan fingerprint density at radius 2 is 1.38 bits per heavy atom. The number of rotatable bonds is 9. The second-order valence-corrected chi connectivity index (χ2v) is 10.4. The van der Waals surface area contributed by atoms with E-state index in [1.807, 2.05) is 91.9 Å². The molecule has 0 bridgehead atoms. The number of fused-ring (bicyclic) bond motifs is 1. The van der Waals surface area contributed by atoms with Crippen LogP contribution in [0.2, 0.25) is 0 Å². The zero-order chi connectivity index (χ0) is 28.7. The van der Waals surface area contributed by atoms with E-state index in [0.29, 0.717) is 11.5 Å². The SMILES string of the molecule is Cc1ccc(CCCc2ccccc2)cc1NC(=O)c1ccc(Nc2nc(-c3ccccc3)c3ccccc3n2)cc1. The summed E-state index contributed by atoms with van der Waals surface area (Å²) in [6.07, 6.45) is 3.05. The highest BCUT2D eigenvalue weighted by atomic mass is 16.1. The fraction of sp³-hybridized carbons (Fsp3) is 0.108. The maximum atomic E-state index is 13.1. The van der Waals surface area contributed by atoms with Gasteiger partial charge in [0.15, 0.2) is 0 Å². The Morgan fingerprint density at radius 1 is 0.690 bits per heavy atom. The number of aryl methyl sites for hydroxylation is 3. The smallest absolute Gasteiger partial charge is 0.255 e. The van der Waals surface area contributed by atoms with E-state index in [-0.39, 0.29) is 5.91 Å². The first kappa shape index (κ1) is 26.9. The van der Waals surface area contributed by atoms with Gasteiger partial charge in [-0.1, -0.05) is 91.0 Å². The molecule has 1 aromatic heterocycles. The van der Waals surface area contributed by atoms with Gasteiger partial charge in [-0.15, -0.1) is 0 Å². The number of carbonyl (C=O) groups excluding carboxylic acids is 1. The summed E-state index contributed by atoms with van der Waals surface area (Å²) in [4.78, 5) is 22.7. The number of aromatic nitrogens is 2. The molecule has 1 amide bonds. The Bertz CT molecular complexity index is 1820. The van der Waals surface area contributed by atoms with Crippen molar-refractivity contribution in [1.29, 1.82) is 0 Å². The van der Waals surface area contributed by atoms with Crippen LogP contribution in [0.4, 0.5) is 17.3 Å². The van der Waals surface area contributed by atoms with Gasteiger partial charge in [0.2, 0.25) is 5.95 Å². The average Bonchev–Trinajstić information content (AvgIpc) is 3.03. The lowest BCUT2D eigenvalue weighted by molar-refractivity contribution is 0.102. The van der Waals surface area contributed by atoms with Crippen LogP contribution in [0.3, 0.4) is 0 Å². The number of hydrogen-bond acceptors (Lipinski definition) is 4. The van der Waals surface area contributed by atoms with Crippen LogP contribution in [0.15, 0.2) is 127 Å². The van der Waals surface area contributed by atoms with Crippen LogP contribution in [0.25, 0.3) is 22.2 Å². The molecule has 0 saturated heterocycles. The summed E-state index contributed by atoms with van der Waals surface area (Å²) >= 11 is 0. The first-order valence-corrected chi connectivity index (χ1v) is 14.3. The van der Waals surface area contributed by atoms with Crippen LogP contribution in [-0.4, -0.2) is 15.9 Å². The van der Waals surface area contributed by atoms with Gasteiger partial charge in [-0.25, -0.2) is 9.97 Å². The van der Waals surface area contributed by atoms with E-state index in [2.05, 4.69) is 53.1 Å².